The number of hydrogen-bond donors (Lipinski definition) is 2. The summed E-state index contributed by atoms with van der Waals surface area (Å²) >= 11 is 1.73. The van der Waals surface area contributed by atoms with Gasteiger partial charge in [-0.3, -0.25) is 9.79 Å². The Morgan fingerprint density at radius 1 is 1.25 bits per heavy atom. The normalized spacial score (nSPS) is 15.3. The van der Waals surface area contributed by atoms with Crippen molar-refractivity contribution in [3.63, 3.8) is 0 Å². The highest BCUT2D eigenvalue weighted by Crippen LogP contribution is 2.18. The molecule has 1 aromatic heterocycles. The molecule has 1 aliphatic rings. The molecule has 7 heteroatoms. The van der Waals surface area contributed by atoms with Crippen LogP contribution in [0.25, 0.3) is 0 Å². The van der Waals surface area contributed by atoms with E-state index in [9.17, 15) is 4.79 Å². The largest absolute Gasteiger partial charge is 0.356 e. The number of halogens is 1. The van der Waals surface area contributed by atoms with E-state index >= 15 is 0 Å². The Bertz CT molecular complexity index is 778. The summed E-state index contributed by atoms with van der Waals surface area (Å²) in [6.45, 7) is 5.29. The fourth-order valence-electron chi connectivity index (χ4n) is 3.28. The molecular formula is C21H29IN4OS. The molecule has 28 heavy (non-hydrogen) atoms. The number of amides is 1. The van der Waals surface area contributed by atoms with Crippen LogP contribution in [0.5, 0.6) is 0 Å². The predicted molar refractivity (Wildman–Crippen MR) is 127 cm³/mol. The molecule has 1 fully saturated rings. The molecular weight excluding hydrogens is 483 g/mol. The Kier molecular flexibility index (Phi) is 9.24. The first-order valence-corrected chi connectivity index (χ1v) is 10.4. The number of nitrogens with one attached hydrogen (secondary N) is 2. The van der Waals surface area contributed by atoms with Gasteiger partial charge in [-0.15, -0.1) is 24.0 Å². The summed E-state index contributed by atoms with van der Waals surface area (Å²) in [5, 5.41) is 11.1. The first-order chi connectivity index (χ1) is 13.2. The molecule has 2 N–H and O–H groups in total. The van der Waals surface area contributed by atoms with Crippen LogP contribution in [0.3, 0.4) is 0 Å². The second-order valence-electron chi connectivity index (χ2n) is 6.95. The molecule has 0 saturated carbocycles. The number of aliphatic imine (C=N–C) groups is 1. The zero-order chi connectivity index (χ0) is 19.1. The summed E-state index contributed by atoms with van der Waals surface area (Å²) in [7, 11) is 1.79. The third-order valence-corrected chi connectivity index (χ3v) is 5.71. The molecule has 152 valence electrons. The minimum absolute atomic E-state index is 0. The molecule has 1 saturated heterocycles. The van der Waals surface area contributed by atoms with E-state index in [0.717, 1.165) is 25.5 Å². The van der Waals surface area contributed by atoms with Crippen molar-refractivity contribution in [2.75, 3.05) is 20.1 Å². The van der Waals surface area contributed by atoms with Gasteiger partial charge in [0.1, 0.15) is 0 Å². The summed E-state index contributed by atoms with van der Waals surface area (Å²) in [5.74, 6) is 1.49. The fourth-order valence-corrected chi connectivity index (χ4v) is 4.07. The lowest BCUT2D eigenvalue weighted by molar-refractivity contribution is -0.128. The summed E-state index contributed by atoms with van der Waals surface area (Å²) in [4.78, 5) is 18.2. The third kappa shape index (κ3) is 6.20. The first-order valence-electron chi connectivity index (χ1n) is 9.48. The molecule has 0 radical (unpaired) electrons. The van der Waals surface area contributed by atoms with Gasteiger partial charge in [-0.05, 0) is 45.9 Å². The number of guanidine groups is 1. The van der Waals surface area contributed by atoms with Crippen LogP contribution in [0.4, 0.5) is 0 Å². The highest BCUT2D eigenvalue weighted by molar-refractivity contribution is 14.0. The Labute approximate surface area is 188 Å². The lowest BCUT2D eigenvalue weighted by Gasteiger charge is -2.19. The van der Waals surface area contributed by atoms with Gasteiger partial charge < -0.3 is 15.5 Å². The molecule has 1 amide bonds. The van der Waals surface area contributed by atoms with E-state index in [1.807, 2.05) is 17.0 Å². The predicted octanol–water partition coefficient (Wildman–Crippen LogP) is 3.96. The molecule has 2 aromatic rings. The average Bonchev–Trinajstić information content (AvgIpc) is 3.35. The van der Waals surface area contributed by atoms with Gasteiger partial charge in [0.25, 0.3) is 0 Å². The van der Waals surface area contributed by atoms with Crippen molar-refractivity contribution in [2.45, 2.75) is 38.8 Å². The quantitative estimate of drug-likeness (QED) is 0.336. The maximum absolute atomic E-state index is 11.9. The Balaban J connectivity index is 0.00000280. The molecule has 1 aliphatic heterocycles. The van der Waals surface area contributed by atoms with Crippen molar-refractivity contribution in [2.24, 2.45) is 4.99 Å². The van der Waals surface area contributed by atoms with Crippen molar-refractivity contribution in [3.8, 4) is 0 Å². The topological polar surface area (TPSA) is 56.7 Å². The van der Waals surface area contributed by atoms with Crippen LogP contribution < -0.4 is 10.6 Å². The number of carbonyl (C=O) groups is 1. The lowest BCUT2D eigenvalue weighted by atomic mass is 10.1. The molecule has 0 spiro atoms. The van der Waals surface area contributed by atoms with E-state index in [2.05, 4.69) is 51.5 Å². The molecule has 1 unspecified atom stereocenters. The van der Waals surface area contributed by atoms with E-state index in [-0.39, 0.29) is 29.9 Å². The van der Waals surface area contributed by atoms with Gasteiger partial charge in [0, 0.05) is 39.6 Å². The summed E-state index contributed by atoms with van der Waals surface area (Å²) in [6, 6.07) is 10.5. The van der Waals surface area contributed by atoms with Crippen molar-refractivity contribution in [3.05, 3.63) is 57.8 Å². The van der Waals surface area contributed by atoms with E-state index in [0.29, 0.717) is 25.4 Å². The lowest BCUT2D eigenvalue weighted by Crippen LogP contribution is -2.38. The van der Waals surface area contributed by atoms with Crippen molar-refractivity contribution in [1.29, 1.82) is 0 Å². The van der Waals surface area contributed by atoms with Gasteiger partial charge in [-0.2, -0.15) is 11.3 Å². The molecule has 3 rings (SSSR count). The molecule has 0 aliphatic carbocycles. The molecule has 1 atom stereocenters. The molecule has 2 heterocycles. The average molecular weight is 512 g/mol. The number of rotatable bonds is 7. The first kappa shape index (κ1) is 22.7. The zero-order valence-electron chi connectivity index (χ0n) is 16.5. The minimum atomic E-state index is 0. The van der Waals surface area contributed by atoms with Gasteiger partial charge in [0.05, 0.1) is 0 Å². The highest BCUT2D eigenvalue weighted by Gasteiger charge is 2.20. The van der Waals surface area contributed by atoms with Crippen molar-refractivity contribution >= 4 is 47.2 Å². The monoisotopic (exact) mass is 512 g/mol. The second-order valence-corrected chi connectivity index (χ2v) is 7.73. The molecule has 5 nitrogen and oxygen atoms in total. The SMILES string of the molecule is CN=C(NCc1ccccc1CN1CCCC1=O)NCC(C)c1ccsc1.I. The summed E-state index contributed by atoms with van der Waals surface area (Å²) in [6.07, 6.45) is 1.65. The van der Waals surface area contributed by atoms with Crippen LogP contribution in [0.1, 0.15) is 42.4 Å². The van der Waals surface area contributed by atoms with Crippen LogP contribution in [0.2, 0.25) is 0 Å². The van der Waals surface area contributed by atoms with Crippen LogP contribution in [-0.4, -0.2) is 36.9 Å². The van der Waals surface area contributed by atoms with E-state index in [1.54, 1.807) is 18.4 Å². The summed E-state index contributed by atoms with van der Waals surface area (Å²) in [5.41, 5.74) is 3.75. The Hall–Kier alpha value is -1.61. The zero-order valence-corrected chi connectivity index (χ0v) is 19.6. The maximum atomic E-state index is 11.9. The Morgan fingerprint density at radius 3 is 2.68 bits per heavy atom. The molecule has 1 aromatic carbocycles. The smallest absolute Gasteiger partial charge is 0.222 e. The van der Waals surface area contributed by atoms with E-state index in [1.165, 1.54) is 16.7 Å². The maximum Gasteiger partial charge on any atom is 0.222 e. The van der Waals surface area contributed by atoms with Gasteiger partial charge in [-0.25, -0.2) is 0 Å². The van der Waals surface area contributed by atoms with Crippen molar-refractivity contribution < 1.29 is 4.79 Å². The number of hydrogen-bond acceptors (Lipinski definition) is 3. The number of thiophene rings is 1. The number of carbonyl (C=O) groups excluding carboxylic acids is 1. The van der Waals surface area contributed by atoms with Crippen LogP contribution >= 0.6 is 35.3 Å². The van der Waals surface area contributed by atoms with Gasteiger partial charge in [0.15, 0.2) is 5.96 Å². The highest BCUT2D eigenvalue weighted by atomic mass is 127. The van der Waals surface area contributed by atoms with Crippen LogP contribution in [0.15, 0.2) is 46.1 Å². The number of benzene rings is 1. The summed E-state index contributed by atoms with van der Waals surface area (Å²) < 4.78 is 0. The number of nitrogens with zero attached hydrogens (tertiary/aromatic N) is 2. The van der Waals surface area contributed by atoms with Crippen LogP contribution in [-0.2, 0) is 17.9 Å². The minimum Gasteiger partial charge on any atom is -0.356 e. The van der Waals surface area contributed by atoms with E-state index in [4.69, 9.17) is 0 Å². The van der Waals surface area contributed by atoms with Gasteiger partial charge >= 0.3 is 0 Å². The molecule has 0 bridgehead atoms. The number of likely N-dealkylation sites (tertiary alicyclic amines) is 1. The standard InChI is InChI=1S/C21H28N4OS.HI/c1-16(19-9-11-27-15-19)12-23-21(22-2)24-13-17-6-3-4-7-18(17)14-25-10-5-8-20(25)26;/h3-4,6-7,9,11,15-16H,5,8,10,12-14H2,1-2H3,(H2,22,23,24);1H. The third-order valence-electron chi connectivity index (χ3n) is 5.01. The fraction of sp³-hybridized carbons (Fsp3) is 0.429. The van der Waals surface area contributed by atoms with Gasteiger partial charge in [-0.1, -0.05) is 31.2 Å². The van der Waals surface area contributed by atoms with Crippen LogP contribution in [0, 0.1) is 0 Å². The van der Waals surface area contributed by atoms with E-state index < -0.39 is 0 Å². The second kappa shape index (κ2) is 11.4. The van der Waals surface area contributed by atoms with Gasteiger partial charge in [0.2, 0.25) is 5.91 Å². The Morgan fingerprint density at radius 2 is 2.04 bits per heavy atom. The van der Waals surface area contributed by atoms with Crippen molar-refractivity contribution in [1.82, 2.24) is 15.5 Å².